The molecular formula is C28H27F3N6O. The van der Waals surface area contributed by atoms with Crippen molar-refractivity contribution in [2.75, 3.05) is 45.1 Å². The number of nitrogens with zero attached hydrogens (tertiary/aromatic N) is 4. The molecule has 38 heavy (non-hydrogen) atoms. The van der Waals surface area contributed by atoms with Gasteiger partial charge in [-0.2, -0.15) is 13.2 Å². The summed E-state index contributed by atoms with van der Waals surface area (Å²) < 4.78 is 43.5. The molecule has 10 heteroatoms. The Morgan fingerprint density at radius 2 is 1.95 bits per heavy atom. The van der Waals surface area contributed by atoms with E-state index in [4.69, 9.17) is 0 Å². The zero-order valence-electron chi connectivity index (χ0n) is 20.8. The van der Waals surface area contributed by atoms with Crippen molar-refractivity contribution >= 4 is 17.2 Å². The fourth-order valence-electron chi connectivity index (χ4n) is 4.44. The molecule has 2 aliphatic rings. The Morgan fingerprint density at radius 1 is 1.13 bits per heavy atom. The average Bonchev–Trinajstić information content (AvgIpc) is 3.32. The summed E-state index contributed by atoms with van der Waals surface area (Å²) in [7, 11) is 2.00. The Kier molecular flexibility index (Phi) is 7.22. The Labute approximate surface area is 218 Å². The number of halogens is 3. The quantitative estimate of drug-likeness (QED) is 0.516. The number of nitrogens with one attached hydrogen (secondary N) is 2. The number of alkyl halides is 3. The van der Waals surface area contributed by atoms with Gasteiger partial charge in [-0.25, -0.2) is 4.98 Å². The molecule has 0 spiro atoms. The first-order valence-electron chi connectivity index (χ1n) is 12.3. The van der Waals surface area contributed by atoms with Gasteiger partial charge in [-0.3, -0.25) is 14.1 Å². The molecule has 0 unspecified atom stereocenters. The lowest BCUT2D eigenvalue weighted by Crippen LogP contribution is -2.44. The fraction of sp³-hybridized carbons (Fsp3) is 0.286. The van der Waals surface area contributed by atoms with Gasteiger partial charge in [-0.1, -0.05) is 18.1 Å². The minimum absolute atomic E-state index is 0.0858. The Hall–Kier alpha value is -4.07. The lowest BCUT2D eigenvalue weighted by Gasteiger charge is -2.33. The molecule has 196 valence electrons. The van der Waals surface area contributed by atoms with Crippen LogP contribution in [-0.4, -0.2) is 64.9 Å². The molecule has 0 bridgehead atoms. The van der Waals surface area contributed by atoms with Crippen molar-refractivity contribution in [1.82, 2.24) is 24.5 Å². The first-order chi connectivity index (χ1) is 18.3. The molecule has 1 amide bonds. The molecule has 7 nitrogen and oxygen atoms in total. The van der Waals surface area contributed by atoms with Gasteiger partial charge in [0.1, 0.15) is 11.3 Å². The van der Waals surface area contributed by atoms with E-state index in [-0.39, 0.29) is 23.4 Å². The van der Waals surface area contributed by atoms with Crippen LogP contribution in [0.3, 0.4) is 0 Å². The van der Waals surface area contributed by atoms with Crippen LogP contribution in [-0.2, 0) is 17.5 Å². The lowest BCUT2D eigenvalue weighted by molar-refractivity contribution is -0.138. The number of piperazine rings is 1. The third-order valence-electron chi connectivity index (χ3n) is 6.57. The second kappa shape index (κ2) is 10.7. The summed E-state index contributed by atoms with van der Waals surface area (Å²) in [5.74, 6) is 5.60. The topological polar surface area (TPSA) is 64.9 Å². The first kappa shape index (κ1) is 25.6. The molecule has 1 aromatic carbocycles. The highest BCUT2D eigenvalue weighted by Gasteiger charge is 2.34. The van der Waals surface area contributed by atoms with Crippen LogP contribution in [0, 0.1) is 11.8 Å². The summed E-state index contributed by atoms with van der Waals surface area (Å²) >= 11 is 0. The lowest BCUT2D eigenvalue weighted by atomic mass is 10.0. The number of dihydropyridines is 1. The number of hydrogen-bond acceptors (Lipinski definition) is 5. The number of benzene rings is 1. The normalized spacial score (nSPS) is 16.7. The van der Waals surface area contributed by atoms with E-state index in [0.29, 0.717) is 30.9 Å². The van der Waals surface area contributed by atoms with Crippen LogP contribution in [0.4, 0.5) is 18.9 Å². The van der Waals surface area contributed by atoms with Crippen LogP contribution in [0.1, 0.15) is 16.8 Å². The number of amides is 1. The van der Waals surface area contributed by atoms with Crippen molar-refractivity contribution in [2.45, 2.75) is 12.7 Å². The smallest absolute Gasteiger partial charge is 0.386 e. The summed E-state index contributed by atoms with van der Waals surface area (Å²) in [4.78, 5) is 21.4. The second-order valence-electron chi connectivity index (χ2n) is 9.38. The van der Waals surface area contributed by atoms with Crippen molar-refractivity contribution < 1.29 is 18.0 Å². The molecule has 5 rings (SSSR count). The summed E-state index contributed by atoms with van der Waals surface area (Å²) in [6.45, 7) is 3.70. The molecule has 1 saturated heterocycles. The number of imidazole rings is 1. The molecule has 2 N–H and O–H groups in total. The van der Waals surface area contributed by atoms with E-state index in [9.17, 15) is 18.0 Å². The van der Waals surface area contributed by atoms with E-state index in [1.807, 2.05) is 40.7 Å². The summed E-state index contributed by atoms with van der Waals surface area (Å²) in [5, 5.41) is 5.61. The number of fused-ring (bicyclic) bond motifs is 1. The summed E-state index contributed by atoms with van der Waals surface area (Å²) in [6.07, 6.45) is 2.17. The number of rotatable bonds is 4. The minimum Gasteiger partial charge on any atom is -0.386 e. The Morgan fingerprint density at radius 3 is 2.74 bits per heavy atom. The first-order valence-corrected chi connectivity index (χ1v) is 12.3. The van der Waals surface area contributed by atoms with E-state index in [1.54, 1.807) is 12.3 Å². The van der Waals surface area contributed by atoms with Crippen LogP contribution in [0.5, 0.6) is 0 Å². The number of hydrogen-bond donors (Lipinski definition) is 2. The van der Waals surface area contributed by atoms with Gasteiger partial charge in [-0.15, -0.1) is 0 Å². The standard InChI is InChI=1S/C28H27F3N6O/c1-35-10-12-36(13-11-35)19-21-6-7-23(15-25(21)28(29,30)31)34-27(38)22-14-20(16-32-17-22)5-8-24-18-33-26-4-2-3-9-37(24)26/h2-4,6-7,9,14-15,17-18,32H,10-13,16,19H2,1H3,(H,34,38). The third kappa shape index (κ3) is 5.90. The molecule has 0 aliphatic carbocycles. The minimum atomic E-state index is -4.53. The van der Waals surface area contributed by atoms with Crippen LogP contribution in [0.25, 0.3) is 5.65 Å². The monoisotopic (exact) mass is 520 g/mol. The predicted molar refractivity (Wildman–Crippen MR) is 139 cm³/mol. The van der Waals surface area contributed by atoms with Gasteiger partial charge in [-0.05, 0) is 48.9 Å². The van der Waals surface area contributed by atoms with Gasteiger partial charge in [0, 0.05) is 62.9 Å². The Bertz CT molecular complexity index is 1470. The third-order valence-corrected chi connectivity index (χ3v) is 6.57. The van der Waals surface area contributed by atoms with Crippen LogP contribution >= 0.6 is 0 Å². The molecular weight excluding hydrogens is 493 g/mol. The van der Waals surface area contributed by atoms with Crippen molar-refractivity contribution in [2.24, 2.45) is 0 Å². The SMILES string of the molecule is CN1CCN(Cc2ccc(NC(=O)C3=CNCC(C#Cc4cnc5ccccn45)=C3)cc2C(F)(F)F)CC1. The maximum atomic E-state index is 13.9. The van der Waals surface area contributed by atoms with Crippen molar-refractivity contribution in [3.8, 4) is 11.8 Å². The fourth-order valence-corrected chi connectivity index (χ4v) is 4.44. The van der Waals surface area contributed by atoms with Gasteiger partial charge in [0.25, 0.3) is 5.91 Å². The number of aromatic nitrogens is 2. The highest BCUT2D eigenvalue weighted by atomic mass is 19.4. The van der Waals surface area contributed by atoms with Crippen LogP contribution in [0.15, 0.2) is 72.2 Å². The number of anilines is 1. The van der Waals surface area contributed by atoms with E-state index in [2.05, 4.69) is 32.4 Å². The van der Waals surface area contributed by atoms with E-state index < -0.39 is 17.6 Å². The van der Waals surface area contributed by atoms with E-state index in [0.717, 1.165) is 24.8 Å². The molecule has 0 saturated carbocycles. The van der Waals surface area contributed by atoms with Gasteiger partial charge in [0.2, 0.25) is 0 Å². The van der Waals surface area contributed by atoms with Crippen molar-refractivity contribution in [1.29, 1.82) is 0 Å². The summed E-state index contributed by atoms with van der Waals surface area (Å²) in [5.41, 5.74) is 1.97. The van der Waals surface area contributed by atoms with Crippen molar-refractivity contribution in [3.63, 3.8) is 0 Å². The average molecular weight is 521 g/mol. The number of carbonyl (C=O) groups is 1. The van der Waals surface area contributed by atoms with Gasteiger partial charge in [0.05, 0.1) is 17.3 Å². The van der Waals surface area contributed by atoms with Gasteiger partial charge in [0.15, 0.2) is 0 Å². The number of pyridine rings is 1. The predicted octanol–water partition coefficient (Wildman–Crippen LogP) is 3.50. The molecule has 1 fully saturated rings. The molecule has 4 heterocycles. The van der Waals surface area contributed by atoms with Gasteiger partial charge >= 0.3 is 6.18 Å². The Balaban J connectivity index is 1.30. The molecule has 3 aromatic rings. The van der Waals surface area contributed by atoms with Crippen LogP contribution in [0.2, 0.25) is 0 Å². The highest BCUT2D eigenvalue weighted by Crippen LogP contribution is 2.34. The van der Waals surface area contributed by atoms with Crippen molar-refractivity contribution in [3.05, 3.63) is 89.0 Å². The zero-order chi connectivity index (χ0) is 26.7. The largest absolute Gasteiger partial charge is 0.416 e. The van der Waals surface area contributed by atoms with E-state index in [1.165, 1.54) is 18.3 Å². The molecule has 2 aromatic heterocycles. The molecule has 2 aliphatic heterocycles. The molecule has 0 radical (unpaired) electrons. The molecule has 0 atom stereocenters. The second-order valence-corrected chi connectivity index (χ2v) is 9.38. The zero-order valence-corrected chi connectivity index (χ0v) is 20.8. The van der Waals surface area contributed by atoms with E-state index >= 15 is 0 Å². The maximum Gasteiger partial charge on any atom is 0.416 e. The number of carbonyl (C=O) groups excluding carboxylic acids is 1. The maximum absolute atomic E-state index is 13.9. The number of likely N-dealkylation sites (N-methyl/N-ethyl adjacent to an activating group) is 1. The van der Waals surface area contributed by atoms with Gasteiger partial charge < -0.3 is 15.5 Å². The van der Waals surface area contributed by atoms with Crippen LogP contribution < -0.4 is 10.6 Å². The summed E-state index contributed by atoms with van der Waals surface area (Å²) in [6, 6.07) is 9.63. The highest BCUT2D eigenvalue weighted by molar-refractivity contribution is 6.06.